The van der Waals surface area contributed by atoms with Gasteiger partial charge in [0, 0.05) is 23.1 Å². The second-order valence-electron chi connectivity index (χ2n) is 7.64. The van der Waals surface area contributed by atoms with E-state index in [2.05, 4.69) is 54.4 Å². The van der Waals surface area contributed by atoms with Crippen molar-refractivity contribution in [2.45, 2.75) is 57.0 Å². The average molecular weight is 310 g/mol. The number of amides is 1. The van der Waals surface area contributed by atoms with Crippen LogP contribution in [0.15, 0.2) is 30.3 Å². The zero-order chi connectivity index (χ0) is 16.0. The van der Waals surface area contributed by atoms with E-state index in [0.717, 1.165) is 49.9 Å². The fraction of sp³-hybridized carbons (Fsp3) is 0.550. The van der Waals surface area contributed by atoms with Crippen molar-refractivity contribution < 1.29 is 4.79 Å². The van der Waals surface area contributed by atoms with Crippen LogP contribution in [-0.2, 0) is 10.2 Å². The first-order chi connectivity index (χ1) is 11.1. The highest BCUT2D eigenvalue weighted by Gasteiger charge is 2.42. The molecule has 4 rings (SSSR count). The zero-order valence-electron chi connectivity index (χ0n) is 14.1. The fourth-order valence-electron chi connectivity index (χ4n) is 4.12. The Morgan fingerprint density at radius 3 is 2.57 bits per heavy atom. The summed E-state index contributed by atoms with van der Waals surface area (Å²) in [5.41, 5.74) is 3.50. The van der Waals surface area contributed by atoms with E-state index in [-0.39, 0.29) is 11.3 Å². The molecule has 1 N–H and O–H groups in total. The van der Waals surface area contributed by atoms with Crippen LogP contribution in [0.1, 0.15) is 50.7 Å². The Balaban J connectivity index is 1.64. The first kappa shape index (κ1) is 14.9. The Hall–Kier alpha value is -1.61. The van der Waals surface area contributed by atoms with E-state index in [1.807, 2.05) is 0 Å². The van der Waals surface area contributed by atoms with E-state index >= 15 is 0 Å². The molecule has 1 spiro atoms. The van der Waals surface area contributed by atoms with Crippen molar-refractivity contribution >= 4 is 11.5 Å². The van der Waals surface area contributed by atoms with E-state index in [4.69, 9.17) is 0 Å². The molecule has 3 heteroatoms. The number of allylic oxidation sites excluding steroid dienone is 1. The molecule has 122 valence electrons. The number of fused-ring (bicyclic) bond motifs is 2. The van der Waals surface area contributed by atoms with Crippen molar-refractivity contribution in [1.29, 1.82) is 0 Å². The highest BCUT2D eigenvalue weighted by molar-refractivity contribution is 6.21. The molecule has 2 fully saturated rings. The third kappa shape index (κ3) is 2.61. The number of likely N-dealkylation sites (tertiary alicyclic amines) is 1. The van der Waals surface area contributed by atoms with Crippen LogP contribution in [0.4, 0.5) is 0 Å². The lowest BCUT2D eigenvalue weighted by molar-refractivity contribution is -0.115. The Kier molecular flexibility index (Phi) is 3.56. The first-order valence-corrected chi connectivity index (χ1v) is 8.97. The fourth-order valence-corrected chi connectivity index (χ4v) is 4.12. The van der Waals surface area contributed by atoms with Gasteiger partial charge in [0.1, 0.15) is 0 Å². The number of benzene rings is 1. The molecule has 1 saturated heterocycles. The van der Waals surface area contributed by atoms with E-state index in [9.17, 15) is 4.79 Å². The van der Waals surface area contributed by atoms with Crippen LogP contribution in [-0.4, -0.2) is 36.0 Å². The summed E-state index contributed by atoms with van der Waals surface area (Å²) in [7, 11) is 0. The van der Waals surface area contributed by atoms with Crippen molar-refractivity contribution in [1.82, 2.24) is 10.2 Å². The average Bonchev–Trinajstić information content (AvgIpc) is 3.31. The lowest BCUT2D eigenvalue weighted by Gasteiger charge is -2.41. The van der Waals surface area contributed by atoms with Crippen LogP contribution in [0.5, 0.6) is 0 Å². The number of carbonyl (C=O) groups excluding carboxylic acids is 1. The molecule has 0 aromatic heterocycles. The number of carbonyl (C=O) groups is 1. The molecule has 0 atom stereocenters. The summed E-state index contributed by atoms with van der Waals surface area (Å²) in [5, 5.41) is 3.17. The van der Waals surface area contributed by atoms with Gasteiger partial charge in [-0.25, -0.2) is 0 Å². The summed E-state index contributed by atoms with van der Waals surface area (Å²) in [6, 6.07) is 9.54. The van der Waals surface area contributed by atoms with Gasteiger partial charge in [-0.1, -0.05) is 30.3 Å². The molecule has 1 aromatic rings. The number of piperidine rings is 1. The van der Waals surface area contributed by atoms with Gasteiger partial charge in [-0.15, -0.1) is 0 Å². The molecule has 0 bridgehead atoms. The van der Waals surface area contributed by atoms with Gasteiger partial charge in [0.2, 0.25) is 0 Å². The van der Waals surface area contributed by atoms with Gasteiger partial charge in [0.05, 0.1) is 0 Å². The van der Waals surface area contributed by atoms with Crippen LogP contribution in [0.3, 0.4) is 0 Å². The summed E-state index contributed by atoms with van der Waals surface area (Å²) >= 11 is 0. The summed E-state index contributed by atoms with van der Waals surface area (Å²) in [6.07, 6.45) is 6.78. The molecule has 1 amide bonds. The number of hydrogen-bond acceptors (Lipinski definition) is 2. The molecular weight excluding hydrogens is 284 g/mol. The maximum Gasteiger partial charge on any atom is 0.251 e. The predicted octanol–water partition coefficient (Wildman–Crippen LogP) is 3.10. The molecule has 0 radical (unpaired) electrons. The Morgan fingerprint density at radius 2 is 1.91 bits per heavy atom. The molecular formula is C20H26N2O. The summed E-state index contributed by atoms with van der Waals surface area (Å²) in [4.78, 5) is 15.2. The molecule has 1 heterocycles. The minimum Gasteiger partial charge on any atom is -0.349 e. The standard InChI is InChI=1S/C20H26N2O/c1-14(2)22-11-9-20(10-12-22)13-17(19(23)21-15-7-8-15)16-5-3-4-6-18(16)20/h3-6,13-15H,7-12H2,1-2H3,(H,21,23). The van der Waals surface area contributed by atoms with Crippen molar-refractivity contribution in [3.8, 4) is 0 Å². The van der Waals surface area contributed by atoms with Crippen molar-refractivity contribution in [3.63, 3.8) is 0 Å². The Bertz CT molecular complexity index is 649. The zero-order valence-corrected chi connectivity index (χ0v) is 14.1. The second-order valence-corrected chi connectivity index (χ2v) is 7.64. The van der Waals surface area contributed by atoms with Crippen molar-refractivity contribution in [2.24, 2.45) is 0 Å². The number of rotatable bonds is 3. The molecule has 0 unspecified atom stereocenters. The summed E-state index contributed by atoms with van der Waals surface area (Å²) < 4.78 is 0. The maximum atomic E-state index is 12.7. The van der Waals surface area contributed by atoms with Gasteiger partial charge >= 0.3 is 0 Å². The van der Waals surface area contributed by atoms with Crippen LogP contribution < -0.4 is 5.32 Å². The quantitative estimate of drug-likeness (QED) is 0.930. The minimum atomic E-state index is 0.0677. The first-order valence-electron chi connectivity index (χ1n) is 8.97. The smallest absolute Gasteiger partial charge is 0.251 e. The van der Waals surface area contributed by atoms with Gasteiger partial charge < -0.3 is 10.2 Å². The van der Waals surface area contributed by atoms with Crippen molar-refractivity contribution in [3.05, 3.63) is 41.5 Å². The summed E-state index contributed by atoms with van der Waals surface area (Å²) in [5.74, 6) is 0.128. The van der Waals surface area contributed by atoms with E-state index in [1.54, 1.807) is 0 Å². The maximum absolute atomic E-state index is 12.7. The lowest BCUT2D eigenvalue weighted by Crippen LogP contribution is -2.44. The third-order valence-electron chi connectivity index (χ3n) is 5.75. The van der Waals surface area contributed by atoms with Crippen LogP contribution >= 0.6 is 0 Å². The molecule has 1 aromatic carbocycles. The summed E-state index contributed by atoms with van der Waals surface area (Å²) in [6.45, 7) is 6.76. The predicted molar refractivity (Wildman–Crippen MR) is 93.2 cm³/mol. The number of hydrogen-bond donors (Lipinski definition) is 1. The number of nitrogens with zero attached hydrogens (tertiary/aromatic N) is 1. The Labute approximate surface area is 138 Å². The highest BCUT2D eigenvalue weighted by Crippen LogP contribution is 2.47. The molecule has 1 saturated carbocycles. The normalized spacial score (nSPS) is 23.0. The highest BCUT2D eigenvalue weighted by atomic mass is 16.1. The lowest BCUT2D eigenvalue weighted by atomic mass is 9.74. The SMILES string of the molecule is CC(C)N1CCC2(C=C(C(=O)NC3CC3)c3ccccc32)CC1. The molecule has 2 aliphatic carbocycles. The minimum absolute atomic E-state index is 0.0677. The Morgan fingerprint density at radius 1 is 1.22 bits per heavy atom. The van der Waals surface area contributed by atoms with E-state index in [0.29, 0.717) is 12.1 Å². The second kappa shape index (κ2) is 5.48. The molecule has 1 aliphatic heterocycles. The van der Waals surface area contributed by atoms with Crippen LogP contribution in [0.25, 0.3) is 5.57 Å². The van der Waals surface area contributed by atoms with Gasteiger partial charge in [0.15, 0.2) is 0 Å². The van der Waals surface area contributed by atoms with Gasteiger partial charge in [-0.05, 0) is 63.7 Å². The largest absolute Gasteiger partial charge is 0.349 e. The van der Waals surface area contributed by atoms with Gasteiger partial charge in [0.25, 0.3) is 5.91 Å². The van der Waals surface area contributed by atoms with E-state index < -0.39 is 0 Å². The van der Waals surface area contributed by atoms with Crippen molar-refractivity contribution in [2.75, 3.05) is 13.1 Å². The number of nitrogens with one attached hydrogen (secondary N) is 1. The molecule has 3 aliphatic rings. The molecule has 23 heavy (non-hydrogen) atoms. The topological polar surface area (TPSA) is 32.3 Å². The van der Waals surface area contributed by atoms with Gasteiger partial charge in [-0.2, -0.15) is 0 Å². The van der Waals surface area contributed by atoms with E-state index in [1.165, 1.54) is 5.56 Å². The molecule has 3 nitrogen and oxygen atoms in total. The van der Waals surface area contributed by atoms with Gasteiger partial charge in [-0.3, -0.25) is 4.79 Å². The monoisotopic (exact) mass is 310 g/mol. The van der Waals surface area contributed by atoms with Crippen LogP contribution in [0.2, 0.25) is 0 Å². The third-order valence-corrected chi connectivity index (χ3v) is 5.75. The van der Waals surface area contributed by atoms with Crippen LogP contribution in [0, 0.1) is 0 Å².